The van der Waals surface area contributed by atoms with Crippen LogP contribution in [0, 0.1) is 6.92 Å². The van der Waals surface area contributed by atoms with Gasteiger partial charge in [0.2, 0.25) is 11.8 Å². The highest BCUT2D eigenvalue weighted by molar-refractivity contribution is 5.23. The van der Waals surface area contributed by atoms with Crippen molar-refractivity contribution in [2.45, 2.75) is 46.3 Å². The number of benzene rings is 1. The van der Waals surface area contributed by atoms with Crippen molar-refractivity contribution in [3.63, 3.8) is 0 Å². The topological polar surface area (TPSA) is 62.4 Å². The first-order chi connectivity index (χ1) is 10.5. The molecule has 1 heterocycles. The summed E-state index contributed by atoms with van der Waals surface area (Å²) in [4.78, 5) is 2.10. The third kappa shape index (κ3) is 4.39. The van der Waals surface area contributed by atoms with Gasteiger partial charge >= 0.3 is 0 Å². The molecule has 22 heavy (non-hydrogen) atoms. The van der Waals surface area contributed by atoms with Crippen molar-refractivity contribution in [2.24, 2.45) is 0 Å². The van der Waals surface area contributed by atoms with Gasteiger partial charge in [0.25, 0.3) is 0 Å². The Kier molecular flexibility index (Phi) is 5.69. The first-order valence-corrected chi connectivity index (χ1v) is 7.78. The van der Waals surface area contributed by atoms with Gasteiger partial charge in [-0.2, -0.15) is 0 Å². The Balaban J connectivity index is 1.97. The fraction of sp³-hybridized carbons (Fsp3) is 0.529. The highest BCUT2D eigenvalue weighted by atomic mass is 16.4. The summed E-state index contributed by atoms with van der Waals surface area (Å²) in [5.74, 6) is 1.49. The third-order valence-electron chi connectivity index (χ3n) is 3.68. The summed E-state index contributed by atoms with van der Waals surface area (Å²) >= 11 is 0. The van der Waals surface area contributed by atoms with Gasteiger partial charge in [0.15, 0.2) is 0 Å². The van der Waals surface area contributed by atoms with Crippen LogP contribution in [-0.2, 0) is 6.54 Å². The van der Waals surface area contributed by atoms with E-state index in [1.54, 1.807) is 0 Å². The first kappa shape index (κ1) is 16.6. The molecule has 0 fully saturated rings. The minimum absolute atomic E-state index is 0.231. The van der Waals surface area contributed by atoms with Crippen molar-refractivity contribution in [1.82, 2.24) is 15.1 Å². The zero-order valence-electron chi connectivity index (χ0n) is 13.8. The van der Waals surface area contributed by atoms with E-state index in [0.717, 1.165) is 12.1 Å². The van der Waals surface area contributed by atoms with E-state index in [1.807, 2.05) is 45.0 Å². The molecule has 0 spiro atoms. The highest BCUT2D eigenvalue weighted by Gasteiger charge is 2.16. The molecular formula is C17H25N3O2. The van der Waals surface area contributed by atoms with Crippen molar-refractivity contribution in [2.75, 3.05) is 13.1 Å². The third-order valence-corrected chi connectivity index (χ3v) is 3.68. The number of aliphatic hydroxyl groups is 1. The predicted octanol–water partition coefficient (Wildman–Crippen LogP) is 3.06. The first-order valence-electron chi connectivity index (χ1n) is 7.78. The second-order valence-corrected chi connectivity index (χ2v) is 5.94. The van der Waals surface area contributed by atoms with Crippen LogP contribution >= 0.6 is 0 Å². The van der Waals surface area contributed by atoms with Gasteiger partial charge in [-0.05, 0) is 19.0 Å². The fourth-order valence-electron chi connectivity index (χ4n) is 2.20. The number of likely N-dealkylation sites (N-methyl/N-ethyl adjacent to an activating group) is 1. The van der Waals surface area contributed by atoms with Crippen molar-refractivity contribution >= 4 is 0 Å². The van der Waals surface area contributed by atoms with Gasteiger partial charge in [0.05, 0.1) is 12.6 Å². The minimum Gasteiger partial charge on any atom is -0.424 e. The quantitative estimate of drug-likeness (QED) is 0.851. The van der Waals surface area contributed by atoms with E-state index >= 15 is 0 Å². The minimum atomic E-state index is -0.520. The van der Waals surface area contributed by atoms with E-state index in [0.29, 0.717) is 24.9 Å². The van der Waals surface area contributed by atoms with Gasteiger partial charge in [0.1, 0.15) is 0 Å². The molecule has 0 amide bonds. The summed E-state index contributed by atoms with van der Waals surface area (Å²) in [6.07, 6.45) is -0.520. The van der Waals surface area contributed by atoms with Crippen molar-refractivity contribution in [3.05, 3.63) is 47.2 Å². The molecule has 0 saturated heterocycles. The van der Waals surface area contributed by atoms with E-state index in [-0.39, 0.29) is 5.92 Å². The number of nitrogens with zero attached hydrogens (tertiary/aromatic N) is 3. The number of hydrogen-bond donors (Lipinski definition) is 1. The lowest BCUT2D eigenvalue weighted by atomic mass is 10.1. The van der Waals surface area contributed by atoms with Gasteiger partial charge in [-0.25, -0.2) is 0 Å². The lowest BCUT2D eigenvalue weighted by molar-refractivity contribution is 0.107. The average molecular weight is 303 g/mol. The Morgan fingerprint density at radius 3 is 2.41 bits per heavy atom. The van der Waals surface area contributed by atoms with Crippen LogP contribution < -0.4 is 0 Å². The molecule has 0 radical (unpaired) electrons. The molecule has 0 aliphatic rings. The van der Waals surface area contributed by atoms with E-state index in [4.69, 9.17) is 4.42 Å². The molecule has 0 saturated carbocycles. The molecular weight excluding hydrogens is 278 g/mol. The Labute approximate surface area is 132 Å². The van der Waals surface area contributed by atoms with Crippen LogP contribution in [0.5, 0.6) is 0 Å². The monoisotopic (exact) mass is 303 g/mol. The number of aliphatic hydroxyl groups excluding tert-OH is 1. The largest absolute Gasteiger partial charge is 0.424 e. The Hall–Kier alpha value is -1.72. The fourth-order valence-corrected chi connectivity index (χ4v) is 2.20. The van der Waals surface area contributed by atoms with Gasteiger partial charge in [0, 0.05) is 12.5 Å². The van der Waals surface area contributed by atoms with E-state index in [1.165, 1.54) is 5.56 Å². The molecule has 5 nitrogen and oxygen atoms in total. The zero-order chi connectivity index (χ0) is 16.1. The summed E-state index contributed by atoms with van der Waals surface area (Å²) in [7, 11) is 0. The van der Waals surface area contributed by atoms with Gasteiger partial charge in [-0.1, -0.05) is 50.6 Å². The second kappa shape index (κ2) is 7.51. The molecule has 0 bridgehead atoms. The van der Waals surface area contributed by atoms with Crippen LogP contribution in [0.15, 0.2) is 28.7 Å². The van der Waals surface area contributed by atoms with Crippen LogP contribution in [0.3, 0.4) is 0 Å². The maximum Gasteiger partial charge on any atom is 0.230 e. The molecule has 2 aromatic rings. The number of rotatable bonds is 7. The van der Waals surface area contributed by atoms with Crippen LogP contribution in [-0.4, -0.2) is 33.3 Å². The Bertz CT molecular complexity index is 578. The van der Waals surface area contributed by atoms with Crippen LogP contribution in [0.4, 0.5) is 0 Å². The highest BCUT2D eigenvalue weighted by Crippen LogP contribution is 2.17. The van der Waals surface area contributed by atoms with Gasteiger partial charge in [-0.3, -0.25) is 4.90 Å². The molecule has 5 heteroatoms. The van der Waals surface area contributed by atoms with Crippen molar-refractivity contribution in [1.29, 1.82) is 0 Å². The molecule has 1 atom stereocenters. The van der Waals surface area contributed by atoms with Gasteiger partial charge < -0.3 is 9.52 Å². The normalized spacial score (nSPS) is 13.0. The van der Waals surface area contributed by atoms with Crippen molar-refractivity contribution < 1.29 is 9.52 Å². The molecule has 1 N–H and O–H groups in total. The summed E-state index contributed by atoms with van der Waals surface area (Å²) in [6.45, 7) is 10.0. The summed E-state index contributed by atoms with van der Waals surface area (Å²) in [5, 5.41) is 18.5. The standard InChI is InChI=1S/C17H25N3O2/c1-5-20(11-16-18-19-17(22-16)12(2)3)10-15(21)14-8-6-13(4)7-9-14/h6-9,12,15,21H,5,10-11H2,1-4H3. The maximum atomic E-state index is 10.4. The SMILES string of the molecule is CCN(Cc1nnc(C(C)C)o1)CC(O)c1ccc(C)cc1. The molecule has 2 rings (SSSR count). The molecule has 0 aliphatic heterocycles. The lowest BCUT2D eigenvalue weighted by Crippen LogP contribution is -2.28. The summed E-state index contributed by atoms with van der Waals surface area (Å²) < 4.78 is 5.63. The second-order valence-electron chi connectivity index (χ2n) is 5.94. The van der Waals surface area contributed by atoms with E-state index in [2.05, 4.69) is 22.0 Å². The lowest BCUT2D eigenvalue weighted by Gasteiger charge is -2.22. The molecule has 1 aromatic carbocycles. The summed E-state index contributed by atoms with van der Waals surface area (Å²) in [6, 6.07) is 7.97. The van der Waals surface area contributed by atoms with Gasteiger partial charge in [-0.15, -0.1) is 10.2 Å². The van der Waals surface area contributed by atoms with E-state index in [9.17, 15) is 5.11 Å². The van der Waals surface area contributed by atoms with Crippen LogP contribution in [0.25, 0.3) is 0 Å². The predicted molar refractivity (Wildman–Crippen MR) is 85.5 cm³/mol. The Morgan fingerprint density at radius 2 is 1.86 bits per heavy atom. The maximum absolute atomic E-state index is 10.4. The van der Waals surface area contributed by atoms with Crippen LogP contribution in [0.1, 0.15) is 55.7 Å². The number of aryl methyl sites for hydroxylation is 1. The van der Waals surface area contributed by atoms with Crippen LogP contribution in [0.2, 0.25) is 0 Å². The molecule has 1 unspecified atom stereocenters. The smallest absolute Gasteiger partial charge is 0.230 e. The molecule has 1 aromatic heterocycles. The number of hydrogen-bond acceptors (Lipinski definition) is 5. The zero-order valence-corrected chi connectivity index (χ0v) is 13.8. The molecule has 0 aliphatic carbocycles. The Morgan fingerprint density at radius 1 is 1.18 bits per heavy atom. The number of aromatic nitrogens is 2. The van der Waals surface area contributed by atoms with Crippen molar-refractivity contribution in [3.8, 4) is 0 Å². The summed E-state index contributed by atoms with van der Waals surface area (Å²) in [5.41, 5.74) is 2.12. The van der Waals surface area contributed by atoms with E-state index < -0.39 is 6.10 Å². The average Bonchev–Trinajstić information content (AvgIpc) is 2.96. The molecule has 120 valence electrons.